The van der Waals surface area contributed by atoms with E-state index in [-0.39, 0.29) is 18.4 Å². The van der Waals surface area contributed by atoms with Gasteiger partial charge >= 0.3 is 6.03 Å². The van der Waals surface area contributed by atoms with E-state index < -0.39 is 6.03 Å². The quantitative estimate of drug-likeness (QED) is 0.723. The summed E-state index contributed by atoms with van der Waals surface area (Å²) in [6.07, 6.45) is 0.231. The van der Waals surface area contributed by atoms with E-state index >= 15 is 0 Å². The Morgan fingerprint density at radius 1 is 1.45 bits per heavy atom. The summed E-state index contributed by atoms with van der Waals surface area (Å²) in [4.78, 5) is 24.5. The third-order valence-corrected chi connectivity index (χ3v) is 3.74. The van der Waals surface area contributed by atoms with Crippen molar-refractivity contribution in [2.45, 2.75) is 12.5 Å². The number of primary amides is 1. The number of carbonyl (C=O) groups excluding carboxylic acids is 2. The average molecular weight is 306 g/mol. The minimum absolute atomic E-state index is 0.131. The van der Waals surface area contributed by atoms with Crippen molar-refractivity contribution in [1.82, 2.24) is 15.5 Å². The number of benzene rings is 1. The van der Waals surface area contributed by atoms with Gasteiger partial charge in [-0.1, -0.05) is 18.2 Å². The SMILES string of the molecule is COc1ccccc1C1CNCCN1CCC(=O)NC(N)=O. The number of para-hydroxylation sites is 1. The number of urea groups is 1. The van der Waals surface area contributed by atoms with Crippen molar-refractivity contribution in [2.75, 3.05) is 33.3 Å². The summed E-state index contributed by atoms with van der Waals surface area (Å²) in [6, 6.07) is 7.20. The summed E-state index contributed by atoms with van der Waals surface area (Å²) in [7, 11) is 1.65. The fraction of sp³-hybridized carbons (Fsp3) is 0.467. The van der Waals surface area contributed by atoms with Crippen LogP contribution in [0.25, 0.3) is 0 Å². The molecule has 1 aromatic carbocycles. The van der Waals surface area contributed by atoms with E-state index in [4.69, 9.17) is 10.5 Å². The van der Waals surface area contributed by atoms with Crippen LogP contribution >= 0.6 is 0 Å². The molecule has 1 heterocycles. The molecule has 1 fully saturated rings. The van der Waals surface area contributed by atoms with Gasteiger partial charge in [-0.2, -0.15) is 0 Å². The van der Waals surface area contributed by atoms with Gasteiger partial charge in [-0.25, -0.2) is 4.79 Å². The van der Waals surface area contributed by atoms with E-state index in [9.17, 15) is 9.59 Å². The molecule has 7 heteroatoms. The molecule has 0 bridgehead atoms. The number of nitrogens with two attached hydrogens (primary N) is 1. The van der Waals surface area contributed by atoms with Crippen LogP contribution in [-0.4, -0.2) is 50.1 Å². The Kier molecular flexibility index (Phi) is 5.74. The zero-order valence-electron chi connectivity index (χ0n) is 12.7. The third-order valence-electron chi connectivity index (χ3n) is 3.74. The number of hydrogen-bond acceptors (Lipinski definition) is 5. The number of rotatable bonds is 5. The Labute approximate surface area is 129 Å². The molecule has 0 aliphatic carbocycles. The molecular weight excluding hydrogens is 284 g/mol. The van der Waals surface area contributed by atoms with E-state index in [0.717, 1.165) is 30.9 Å². The molecule has 22 heavy (non-hydrogen) atoms. The third kappa shape index (κ3) is 4.19. The molecule has 0 aromatic heterocycles. The van der Waals surface area contributed by atoms with Crippen LogP contribution in [-0.2, 0) is 4.79 Å². The zero-order chi connectivity index (χ0) is 15.9. The van der Waals surface area contributed by atoms with Gasteiger partial charge in [0.25, 0.3) is 0 Å². The summed E-state index contributed by atoms with van der Waals surface area (Å²) >= 11 is 0. The highest BCUT2D eigenvalue weighted by Gasteiger charge is 2.26. The average Bonchev–Trinajstić information content (AvgIpc) is 2.52. The van der Waals surface area contributed by atoms with Crippen LogP contribution in [0.4, 0.5) is 4.79 Å². The first-order valence-corrected chi connectivity index (χ1v) is 7.28. The normalized spacial score (nSPS) is 18.7. The molecule has 1 aromatic rings. The van der Waals surface area contributed by atoms with Crippen molar-refractivity contribution in [3.63, 3.8) is 0 Å². The summed E-state index contributed by atoms with van der Waals surface area (Å²) in [5.74, 6) is 0.479. The van der Waals surface area contributed by atoms with Crippen molar-refractivity contribution in [3.05, 3.63) is 29.8 Å². The molecule has 1 aliphatic rings. The standard InChI is InChI=1S/C15H22N4O3/c1-22-13-5-3-2-4-11(13)12-10-17-7-9-19(12)8-6-14(20)18-15(16)21/h2-5,12,17H,6-10H2,1H3,(H3,16,18,20,21). The Morgan fingerprint density at radius 2 is 2.23 bits per heavy atom. The van der Waals surface area contributed by atoms with Crippen LogP contribution < -0.4 is 21.1 Å². The molecule has 1 unspecified atom stereocenters. The molecule has 1 atom stereocenters. The molecule has 4 N–H and O–H groups in total. The van der Waals surface area contributed by atoms with Crippen LogP contribution in [0, 0.1) is 0 Å². The van der Waals surface area contributed by atoms with Crippen LogP contribution in [0.2, 0.25) is 0 Å². The first-order valence-electron chi connectivity index (χ1n) is 7.28. The summed E-state index contributed by atoms with van der Waals surface area (Å²) < 4.78 is 5.43. The van der Waals surface area contributed by atoms with Gasteiger partial charge < -0.3 is 15.8 Å². The van der Waals surface area contributed by atoms with Crippen LogP contribution in [0.5, 0.6) is 5.75 Å². The van der Waals surface area contributed by atoms with E-state index in [0.29, 0.717) is 6.54 Å². The lowest BCUT2D eigenvalue weighted by Crippen LogP contribution is -2.47. The van der Waals surface area contributed by atoms with E-state index in [1.165, 1.54) is 0 Å². The molecule has 1 saturated heterocycles. The monoisotopic (exact) mass is 306 g/mol. The Hall–Kier alpha value is -2.12. The lowest BCUT2D eigenvalue weighted by Gasteiger charge is -2.36. The van der Waals surface area contributed by atoms with Crippen molar-refractivity contribution < 1.29 is 14.3 Å². The number of ether oxygens (including phenoxy) is 1. The number of piperazine rings is 1. The number of carbonyl (C=O) groups is 2. The van der Waals surface area contributed by atoms with Gasteiger partial charge in [-0.15, -0.1) is 0 Å². The van der Waals surface area contributed by atoms with Crippen LogP contribution in [0.15, 0.2) is 24.3 Å². The van der Waals surface area contributed by atoms with Gasteiger partial charge in [0, 0.05) is 38.2 Å². The maximum atomic E-state index is 11.6. The minimum atomic E-state index is -0.813. The molecule has 3 amide bonds. The van der Waals surface area contributed by atoms with Crippen LogP contribution in [0.3, 0.4) is 0 Å². The number of methoxy groups -OCH3 is 1. The van der Waals surface area contributed by atoms with Gasteiger partial charge in [-0.3, -0.25) is 15.0 Å². The van der Waals surface area contributed by atoms with Gasteiger partial charge in [0.1, 0.15) is 5.75 Å². The highest BCUT2D eigenvalue weighted by molar-refractivity contribution is 5.93. The van der Waals surface area contributed by atoms with Gasteiger partial charge in [-0.05, 0) is 6.07 Å². The molecular formula is C15H22N4O3. The van der Waals surface area contributed by atoms with Crippen molar-refractivity contribution in [1.29, 1.82) is 0 Å². The number of nitrogens with zero attached hydrogens (tertiary/aromatic N) is 1. The fourth-order valence-electron chi connectivity index (χ4n) is 2.71. The summed E-state index contributed by atoms with van der Waals surface area (Å²) in [5.41, 5.74) is 6.04. The lowest BCUT2D eigenvalue weighted by atomic mass is 10.0. The van der Waals surface area contributed by atoms with Gasteiger partial charge in [0.15, 0.2) is 0 Å². The molecule has 1 aliphatic heterocycles. The predicted octanol–water partition coefficient (Wildman–Crippen LogP) is 0.227. The maximum absolute atomic E-state index is 11.6. The topological polar surface area (TPSA) is 96.7 Å². The van der Waals surface area contributed by atoms with Crippen molar-refractivity contribution in [3.8, 4) is 5.75 Å². The minimum Gasteiger partial charge on any atom is -0.496 e. The Morgan fingerprint density at radius 3 is 2.95 bits per heavy atom. The van der Waals surface area contributed by atoms with E-state index in [1.54, 1.807) is 7.11 Å². The van der Waals surface area contributed by atoms with Gasteiger partial charge in [0.2, 0.25) is 5.91 Å². The Balaban J connectivity index is 2.05. The molecule has 0 spiro atoms. The summed E-state index contributed by atoms with van der Waals surface area (Å²) in [6.45, 7) is 3.04. The second-order valence-electron chi connectivity index (χ2n) is 5.16. The smallest absolute Gasteiger partial charge is 0.318 e. The number of nitrogens with one attached hydrogen (secondary N) is 2. The van der Waals surface area contributed by atoms with Crippen LogP contribution in [0.1, 0.15) is 18.0 Å². The van der Waals surface area contributed by atoms with E-state index in [1.807, 2.05) is 24.3 Å². The predicted molar refractivity (Wildman–Crippen MR) is 82.5 cm³/mol. The number of hydrogen-bond donors (Lipinski definition) is 3. The van der Waals surface area contributed by atoms with Crippen molar-refractivity contribution in [2.24, 2.45) is 5.73 Å². The highest BCUT2D eigenvalue weighted by Crippen LogP contribution is 2.30. The first kappa shape index (κ1) is 16.3. The van der Waals surface area contributed by atoms with Gasteiger partial charge in [0.05, 0.1) is 13.2 Å². The number of imide groups is 1. The second-order valence-corrected chi connectivity index (χ2v) is 5.16. The first-order chi connectivity index (χ1) is 10.6. The molecule has 2 rings (SSSR count). The van der Waals surface area contributed by atoms with Crippen molar-refractivity contribution >= 4 is 11.9 Å². The highest BCUT2D eigenvalue weighted by atomic mass is 16.5. The molecule has 120 valence electrons. The lowest BCUT2D eigenvalue weighted by molar-refractivity contribution is -0.120. The second kappa shape index (κ2) is 7.77. The summed E-state index contributed by atoms with van der Waals surface area (Å²) in [5, 5.41) is 5.46. The number of amides is 3. The Bertz CT molecular complexity index is 535. The zero-order valence-corrected chi connectivity index (χ0v) is 12.7. The fourth-order valence-corrected chi connectivity index (χ4v) is 2.71. The molecule has 0 radical (unpaired) electrons. The molecule has 7 nitrogen and oxygen atoms in total. The maximum Gasteiger partial charge on any atom is 0.318 e. The van der Waals surface area contributed by atoms with E-state index in [2.05, 4.69) is 15.5 Å². The largest absolute Gasteiger partial charge is 0.496 e. The molecule has 0 saturated carbocycles.